The quantitative estimate of drug-likeness (QED) is 0.855. The fraction of sp³-hybridized carbons (Fsp3) is 0.273. The predicted octanol–water partition coefficient (Wildman–Crippen LogP) is 0.752. The number of sulfonamides is 1. The lowest BCUT2D eigenvalue weighted by molar-refractivity contribution is 0.573. The molecule has 0 radical (unpaired) electrons. The molecule has 6 nitrogen and oxygen atoms in total. The third-order valence-electron chi connectivity index (χ3n) is 2.34. The lowest BCUT2D eigenvalue weighted by Crippen LogP contribution is -2.29. The minimum absolute atomic E-state index is 0.407. The molecular weight excluding hydrogens is 252 g/mol. The van der Waals surface area contributed by atoms with Crippen LogP contribution >= 0.6 is 0 Å². The Kier molecular flexibility index (Phi) is 3.44. The normalized spacial score (nSPS) is 13.4. The zero-order chi connectivity index (χ0) is 13.2. The van der Waals surface area contributed by atoms with E-state index in [1.807, 2.05) is 30.3 Å². The number of aromatic amines is 1. The summed E-state index contributed by atoms with van der Waals surface area (Å²) in [4.78, 5) is 4.18. The van der Waals surface area contributed by atoms with Crippen LogP contribution in [0, 0.1) is 6.92 Å². The second kappa shape index (κ2) is 4.87. The lowest BCUT2D eigenvalue weighted by atomic mass is 10.1. The molecule has 2 rings (SSSR count). The standard InChI is InChI=1S/C11H14N4O2S/c1-8-12-11(14-13-8)10(15-18(2,16)17)9-6-4-3-5-7-9/h3-7,10,15H,1-2H3,(H,12,13,14). The molecule has 1 heterocycles. The summed E-state index contributed by atoms with van der Waals surface area (Å²) >= 11 is 0. The molecule has 0 aliphatic carbocycles. The maximum atomic E-state index is 11.4. The topological polar surface area (TPSA) is 87.7 Å². The molecule has 0 saturated heterocycles. The minimum Gasteiger partial charge on any atom is -0.263 e. The minimum atomic E-state index is -3.35. The number of hydrogen-bond acceptors (Lipinski definition) is 4. The first-order valence-corrected chi connectivity index (χ1v) is 7.26. The van der Waals surface area contributed by atoms with Crippen LogP contribution in [0.2, 0.25) is 0 Å². The number of aromatic nitrogens is 3. The van der Waals surface area contributed by atoms with Gasteiger partial charge in [-0.1, -0.05) is 30.3 Å². The summed E-state index contributed by atoms with van der Waals surface area (Å²) in [6, 6.07) is 8.62. The Balaban J connectivity index is 2.41. The van der Waals surface area contributed by atoms with E-state index in [1.165, 1.54) is 0 Å². The Morgan fingerprint density at radius 2 is 1.94 bits per heavy atom. The van der Waals surface area contributed by atoms with E-state index in [0.29, 0.717) is 11.6 Å². The van der Waals surface area contributed by atoms with Crippen LogP contribution in [0.15, 0.2) is 30.3 Å². The van der Waals surface area contributed by atoms with Gasteiger partial charge in [-0.15, -0.1) is 0 Å². The SMILES string of the molecule is Cc1nc(C(NS(C)(=O)=O)c2ccccc2)n[nH]1. The van der Waals surface area contributed by atoms with Crippen LogP contribution in [0.4, 0.5) is 0 Å². The average Bonchev–Trinajstić information content (AvgIpc) is 2.73. The number of aryl methyl sites for hydroxylation is 1. The van der Waals surface area contributed by atoms with E-state index >= 15 is 0 Å². The molecule has 18 heavy (non-hydrogen) atoms. The highest BCUT2D eigenvalue weighted by Gasteiger charge is 2.21. The van der Waals surface area contributed by atoms with Crippen LogP contribution < -0.4 is 4.72 Å². The van der Waals surface area contributed by atoms with Crippen molar-refractivity contribution in [3.05, 3.63) is 47.5 Å². The van der Waals surface area contributed by atoms with Gasteiger partial charge in [-0.2, -0.15) is 5.10 Å². The van der Waals surface area contributed by atoms with E-state index in [4.69, 9.17) is 0 Å². The van der Waals surface area contributed by atoms with Crippen LogP contribution in [0.3, 0.4) is 0 Å². The van der Waals surface area contributed by atoms with Gasteiger partial charge < -0.3 is 0 Å². The van der Waals surface area contributed by atoms with Crippen molar-refractivity contribution >= 4 is 10.0 Å². The molecule has 0 spiro atoms. The largest absolute Gasteiger partial charge is 0.263 e. The molecule has 7 heteroatoms. The molecule has 1 aromatic heterocycles. The zero-order valence-corrected chi connectivity index (χ0v) is 10.9. The molecule has 2 aromatic rings. The second-order valence-corrected chi connectivity index (χ2v) is 5.79. The first-order chi connectivity index (χ1) is 8.46. The molecule has 2 N–H and O–H groups in total. The number of H-pyrrole nitrogens is 1. The summed E-state index contributed by atoms with van der Waals surface area (Å²) in [6.07, 6.45) is 1.11. The number of hydrogen-bond donors (Lipinski definition) is 2. The van der Waals surface area contributed by atoms with Gasteiger partial charge in [0.05, 0.1) is 6.26 Å². The van der Waals surface area contributed by atoms with Gasteiger partial charge in [0.1, 0.15) is 11.9 Å². The van der Waals surface area contributed by atoms with Gasteiger partial charge >= 0.3 is 0 Å². The van der Waals surface area contributed by atoms with Crippen molar-refractivity contribution in [3.8, 4) is 0 Å². The maximum Gasteiger partial charge on any atom is 0.209 e. The molecule has 0 saturated carbocycles. The summed E-state index contributed by atoms with van der Waals surface area (Å²) < 4.78 is 25.4. The van der Waals surface area contributed by atoms with E-state index in [0.717, 1.165) is 11.8 Å². The lowest BCUT2D eigenvalue weighted by Gasteiger charge is -2.14. The average molecular weight is 266 g/mol. The monoisotopic (exact) mass is 266 g/mol. The number of nitrogens with zero attached hydrogens (tertiary/aromatic N) is 2. The summed E-state index contributed by atoms with van der Waals surface area (Å²) in [5.41, 5.74) is 0.793. The van der Waals surface area contributed by atoms with Gasteiger partial charge in [-0.05, 0) is 12.5 Å². The third-order valence-corrected chi connectivity index (χ3v) is 3.00. The van der Waals surface area contributed by atoms with Crippen molar-refractivity contribution in [2.45, 2.75) is 13.0 Å². The molecular formula is C11H14N4O2S. The van der Waals surface area contributed by atoms with Gasteiger partial charge in [-0.3, -0.25) is 5.10 Å². The Morgan fingerprint density at radius 3 is 2.44 bits per heavy atom. The Morgan fingerprint density at radius 1 is 1.28 bits per heavy atom. The Labute approximate surface area is 106 Å². The molecule has 1 unspecified atom stereocenters. The summed E-state index contributed by atoms with van der Waals surface area (Å²) in [5, 5.41) is 6.72. The van der Waals surface area contributed by atoms with Crippen molar-refractivity contribution < 1.29 is 8.42 Å². The summed E-state index contributed by atoms with van der Waals surface area (Å²) in [6.45, 7) is 1.76. The molecule has 0 fully saturated rings. The van der Waals surface area contributed by atoms with Gasteiger partial charge in [0, 0.05) is 0 Å². The van der Waals surface area contributed by atoms with Gasteiger partial charge in [0.25, 0.3) is 0 Å². The maximum absolute atomic E-state index is 11.4. The molecule has 0 amide bonds. The van der Waals surface area contributed by atoms with Gasteiger partial charge in [-0.25, -0.2) is 18.1 Å². The Bertz CT molecular complexity index is 622. The number of benzene rings is 1. The van der Waals surface area contributed by atoms with Crippen molar-refractivity contribution in [2.75, 3.05) is 6.26 Å². The molecule has 0 bridgehead atoms. The van der Waals surface area contributed by atoms with E-state index in [2.05, 4.69) is 19.9 Å². The van der Waals surface area contributed by atoms with Crippen LogP contribution in [-0.4, -0.2) is 29.9 Å². The summed E-state index contributed by atoms with van der Waals surface area (Å²) in [7, 11) is -3.35. The van der Waals surface area contributed by atoms with Crippen LogP contribution in [0.1, 0.15) is 23.3 Å². The van der Waals surface area contributed by atoms with Crippen molar-refractivity contribution in [1.82, 2.24) is 19.9 Å². The van der Waals surface area contributed by atoms with Crippen molar-refractivity contribution in [3.63, 3.8) is 0 Å². The molecule has 96 valence electrons. The van der Waals surface area contributed by atoms with Crippen LogP contribution in [0.25, 0.3) is 0 Å². The van der Waals surface area contributed by atoms with E-state index < -0.39 is 16.1 Å². The van der Waals surface area contributed by atoms with Gasteiger partial charge in [0.15, 0.2) is 5.82 Å². The molecule has 1 aromatic carbocycles. The van der Waals surface area contributed by atoms with E-state index in [-0.39, 0.29) is 0 Å². The number of nitrogens with one attached hydrogen (secondary N) is 2. The molecule has 1 atom stereocenters. The first-order valence-electron chi connectivity index (χ1n) is 5.37. The fourth-order valence-corrected chi connectivity index (χ4v) is 2.29. The first kappa shape index (κ1) is 12.7. The smallest absolute Gasteiger partial charge is 0.209 e. The zero-order valence-electron chi connectivity index (χ0n) is 10.1. The highest BCUT2D eigenvalue weighted by atomic mass is 32.2. The van der Waals surface area contributed by atoms with Crippen molar-refractivity contribution in [1.29, 1.82) is 0 Å². The van der Waals surface area contributed by atoms with Crippen LogP contribution in [0.5, 0.6) is 0 Å². The van der Waals surface area contributed by atoms with E-state index in [1.54, 1.807) is 6.92 Å². The molecule has 0 aliphatic rings. The highest BCUT2D eigenvalue weighted by Crippen LogP contribution is 2.19. The van der Waals surface area contributed by atoms with Gasteiger partial charge in [0.2, 0.25) is 10.0 Å². The molecule has 0 aliphatic heterocycles. The second-order valence-electron chi connectivity index (χ2n) is 4.01. The van der Waals surface area contributed by atoms with E-state index in [9.17, 15) is 8.42 Å². The highest BCUT2D eigenvalue weighted by molar-refractivity contribution is 7.88. The predicted molar refractivity (Wildman–Crippen MR) is 67.4 cm³/mol. The Hall–Kier alpha value is -1.73. The third kappa shape index (κ3) is 3.14. The number of rotatable bonds is 4. The summed E-state index contributed by atoms with van der Waals surface area (Å²) in [5.74, 6) is 1.05. The van der Waals surface area contributed by atoms with Crippen molar-refractivity contribution in [2.24, 2.45) is 0 Å². The fourth-order valence-electron chi connectivity index (χ4n) is 1.62. The van der Waals surface area contributed by atoms with Crippen LogP contribution in [-0.2, 0) is 10.0 Å².